The Morgan fingerprint density at radius 2 is 1.75 bits per heavy atom. The number of hydrogen-bond acceptors (Lipinski definition) is 6. The maximum absolute atomic E-state index is 12.9. The molecule has 1 aromatic carbocycles. The molecule has 28 heavy (non-hydrogen) atoms. The van der Waals surface area contributed by atoms with Crippen molar-refractivity contribution in [3.63, 3.8) is 0 Å². The Hall–Kier alpha value is -2.02. The Kier molecular flexibility index (Phi) is 7.52. The van der Waals surface area contributed by atoms with E-state index < -0.39 is 17.9 Å². The van der Waals surface area contributed by atoms with Crippen LogP contribution in [0.3, 0.4) is 0 Å². The highest BCUT2D eigenvalue weighted by Crippen LogP contribution is 2.43. The molecule has 0 saturated heterocycles. The predicted octanol–water partition coefficient (Wildman–Crippen LogP) is 3.68. The van der Waals surface area contributed by atoms with Gasteiger partial charge < -0.3 is 20.5 Å². The molecule has 0 radical (unpaired) electrons. The van der Waals surface area contributed by atoms with E-state index in [1.54, 1.807) is 45.9 Å². The molecule has 1 aromatic rings. The van der Waals surface area contributed by atoms with Gasteiger partial charge in [0.2, 0.25) is 0 Å². The molecule has 0 bridgehead atoms. The number of dihydropyridines is 1. The maximum atomic E-state index is 12.9. The van der Waals surface area contributed by atoms with Crippen LogP contribution in [0.25, 0.3) is 0 Å². The molecule has 152 valence electrons. The molecule has 1 atom stereocenters. The smallest absolute Gasteiger partial charge is 0.337 e. The van der Waals surface area contributed by atoms with Crippen LogP contribution in [0.5, 0.6) is 0 Å². The third-order valence-corrected chi connectivity index (χ3v) is 5.02. The van der Waals surface area contributed by atoms with E-state index in [1.165, 1.54) is 0 Å². The number of carbonyl (C=O) groups is 2. The first-order chi connectivity index (χ1) is 13.2. The number of nitrogens with one attached hydrogen (secondary N) is 1. The Morgan fingerprint density at radius 3 is 2.32 bits per heavy atom. The quantitative estimate of drug-likeness (QED) is 0.674. The summed E-state index contributed by atoms with van der Waals surface area (Å²) in [5.41, 5.74) is 7.64. The van der Waals surface area contributed by atoms with Crippen molar-refractivity contribution in [2.45, 2.75) is 39.7 Å². The lowest BCUT2D eigenvalue weighted by Gasteiger charge is -2.31. The molecule has 0 fully saturated rings. The van der Waals surface area contributed by atoms with E-state index in [2.05, 4.69) is 5.32 Å². The van der Waals surface area contributed by atoms with Crippen molar-refractivity contribution >= 4 is 35.1 Å². The summed E-state index contributed by atoms with van der Waals surface area (Å²) < 4.78 is 10.7. The van der Waals surface area contributed by atoms with Gasteiger partial charge in [-0.15, -0.1) is 0 Å². The lowest BCUT2D eigenvalue weighted by molar-refractivity contribution is -0.143. The summed E-state index contributed by atoms with van der Waals surface area (Å²) in [6, 6.07) is 5.08. The number of nitrogens with two attached hydrogens (primary N) is 1. The van der Waals surface area contributed by atoms with Crippen LogP contribution in [0.15, 0.2) is 40.7 Å². The van der Waals surface area contributed by atoms with Gasteiger partial charge in [-0.05, 0) is 39.3 Å². The SMILES string of the molecule is CC1=C(C(=O)OCCN)C(c2cccc(Cl)c2Cl)C(C(=O)OC(C)C)=C(C)N1. The summed E-state index contributed by atoms with van der Waals surface area (Å²) in [4.78, 5) is 25.7. The van der Waals surface area contributed by atoms with Gasteiger partial charge in [0.15, 0.2) is 0 Å². The van der Waals surface area contributed by atoms with Crippen LogP contribution in [0.1, 0.15) is 39.2 Å². The normalized spacial score (nSPS) is 16.9. The molecule has 0 spiro atoms. The highest BCUT2D eigenvalue weighted by atomic mass is 35.5. The summed E-state index contributed by atoms with van der Waals surface area (Å²) in [5.74, 6) is -1.92. The van der Waals surface area contributed by atoms with E-state index in [9.17, 15) is 9.59 Å². The fraction of sp³-hybridized carbons (Fsp3) is 0.400. The van der Waals surface area contributed by atoms with Crippen LogP contribution < -0.4 is 11.1 Å². The fourth-order valence-corrected chi connectivity index (χ4v) is 3.51. The Bertz CT molecular complexity index is 847. The largest absolute Gasteiger partial charge is 0.461 e. The zero-order chi connectivity index (χ0) is 21.0. The molecule has 1 aliphatic rings. The topological polar surface area (TPSA) is 90.7 Å². The zero-order valence-electron chi connectivity index (χ0n) is 16.3. The molecule has 3 N–H and O–H groups in total. The number of benzene rings is 1. The Balaban J connectivity index is 2.67. The standard InChI is InChI=1S/C20H24Cl2N2O4/c1-10(2)28-20(26)16-12(4)24-11(3)15(19(25)27-9-8-23)17(16)13-6-5-7-14(21)18(13)22/h5-7,10,17,24H,8-9,23H2,1-4H3. The van der Waals surface area contributed by atoms with E-state index in [0.29, 0.717) is 22.0 Å². The maximum Gasteiger partial charge on any atom is 0.337 e. The summed E-state index contributed by atoms with van der Waals surface area (Å²) >= 11 is 12.7. The second-order valence-electron chi connectivity index (χ2n) is 6.66. The van der Waals surface area contributed by atoms with E-state index in [-0.39, 0.29) is 35.4 Å². The minimum absolute atomic E-state index is 0.0556. The Labute approximate surface area is 174 Å². The molecular weight excluding hydrogens is 403 g/mol. The summed E-state index contributed by atoms with van der Waals surface area (Å²) in [6.45, 7) is 7.23. The first-order valence-corrected chi connectivity index (χ1v) is 9.65. The van der Waals surface area contributed by atoms with Gasteiger partial charge in [-0.1, -0.05) is 35.3 Å². The lowest BCUT2D eigenvalue weighted by Crippen LogP contribution is -2.33. The zero-order valence-corrected chi connectivity index (χ0v) is 17.8. The van der Waals surface area contributed by atoms with E-state index in [4.69, 9.17) is 38.4 Å². The average molecular weight is 427 g/mol. The van der Waals surface area contributed by atoms with Gasteiger partial charge in [0, 0.05) is 17.9 Å². The van der Waals surface area contributed by atoms with Gasteiger partial charge in [-0.2, -0.15) is 0 Å². The minimum atomic E-state index is -0.788. The summed E-state index contributed by atoms with van der Waals surface area (Å²) in [6.07, 6.45) is -0.331. The first kappa shape index (κ1) is 22.3. The van der Waals surface area contributed by atoms with Crippen molar-refractivity contribution in [1.82, 2.24) is 5.32 Å². The van der Waals surface area contributed by atoms with Gasteiger partial charge in [0.1, 0.15) is 6.61 Å². The van der Waals surface area contributed by atoms with Crippen LogP contribution in [0.2, 0.25) is 10.0 Å². The summed E-state index contributed by atoms with van der Waals surface area (Å²) in [5, 5.41) is 3.65. The molecule has 0 aromatic heterocycles. The third kappa shape index (κ3) is 4.69. The molecule has 1 unspecified atom stereocenters. The number of ether oxygens (including phenoxy) is 2. The van der Waals surface area contributed by atoms with Gasteiger partial charge in [0.05, 0.1) is 33.2 Å². The second kappa shape index (κ2) is 9.45. The number of carbonyl (C=O) groups excluding carboxylic acids is 2. The van der Waals surface area contributed by atoms with Crippen molar-refractivity contribution in [1.29, 1.82) is 0 Å². The fourth-order valence-electron chi connectivity index (χ4n) is 3.10. The third-order valence-electron chi connectivity index (χ3n) is 4.19. The molecule has 0 amide bonds. The Morgan fingerprint density at radius 1 is 1.14 bits per heavy atom. The van der Waals surface area contributed by atoms with Crippen molar-refractivity contribution in [3.05, 3.63) is 56.3 Å². The molecule has 0 aliphatic carbocycles. The molecule has 1 heterocycles. The molecule has 2 rings (SSSR count). The van der Waals surface area contributed by atoms with Crippen LogP contribution in [-0.4, -0.2) is 31.2 Å². The van der Waals surface area contributed by atoms with Gasteiger partial charge in [0.25, 0.3) is 0 Å². The van der Waals surface area contributed by atoms with Crippen molar-refractivity contribution in [2.24, 2.45) is 5.73 Å². The second-order valence-corrected chi connectivity index (χ2v) is 7.44. The van der Waals surface area contributed by atoms with Crippen molar-refractivity contribution in [3.8, 4) is 0 Å². The van der Waals surface area contributed by atoms with Gasteiger partial charge in [-0.3, -0.25) is 0 Å². The molecule has 6 nitrogen and oxygen atoms in total. The van der Waals surface area contributed by atoms with Crippen LogP contribution in [0.4, 0.5) is 0 Å². The first-order valence-electron chi connectivity index (χ1n) is 8.89. The van der Waals surface area contributed by atoms with Crippen molar-refractivity contribution < 1.29 is 19.1 Å². The minimum Gasteiger partial charge on any atom is -0.461 e. The molecule has 0 saturated carbocycles. The summed E-state index contributed by atoms with van der Waals surface area (Å²) in [7, 11) is 0. The monoisotopic (exact) mass is 426 g/mol. The lowest BCUT2D eigenvalue weighted by atomic mass is 9.80. The van der Waals surface area contributed by atoms with Crippen molar-refractivity contribution in [2.75, 3.05) is 13.2 Å². The highest BCUT2D eigenvalue weighted by Gasteiger charge is 2.39. The van der Waals surface area contributed by atoms with Crippen LogP contribution >= 0.6 is 23.2 Å². The average Bonchev–Trinajstić information content (AvgIpc) is 2.60. The van der Waals surface area contributed by atoms with Gasteiger partial charge in [-0.25, -0.2) is 9.59 Å². The number of halogens is 2. The highest BCUT2D eigenvalue weighted by molar-refractivity contribution is 6.42. The van der Waals surface area contributed by atoms with Gasteiger partial charge >= 0.3 is 11.9 Å². The number of rotatable bonds is 6. The number of hydrogen-bond donors (Lipinski definition) is 2. The number of esters is 2. The number of allylic oxidation sites excluding steroid dienone is 2. The van der Waals surface area contributed by atoms with E-state index >= 15 is 0 Å². The van der Waals surface area contributed by atoms with E-state index in [1.807, 2.05) is 0 Å². The molecule has 1 aliphatic heterocycles. The molecular formula is C20H24Cl2N2O4. The van der Waals surface area contributed by atoms with Crippen LogP contribution in [0, 0.1) is 0 Å². The molecule has 8 heteroatoms. The van der Waals surface area contributed by atoms with Crippen LogP contribution in [-0.2, 0) is 19.1 Å². The van der Waals surface area contributed by atoms with E-state index in [0.717, 1.165) is 0 Å². The predicted molar refractivity (Wildman–Crippen MR) is 109 cm³/mol.